The van der Waals surface area contributed by atoms with E-state index in [1.807, 2.05) is 13.8 Å². The van der Waals surface area contributed by atoms with Crippen molar-refractivity contribution in [2.45, 2.75) is 13.8 Å². The van der Waals surface area contributed by atoms with Gasteiger partial charge in [-0.3, -0.25) is 4.79 Å². The van der Waals surface area contributed by atoms with Gasteiger partial charge < -0.3 is 29.4 Å². The van der Waals surface area contributed by atoms with E-state index < -0.39 is 11.9 Å². The van der Waals surface area contributed by atoms with Crippen molar-refractivity contribution in [2.24, 2.45) is 0 Å². The van der Waals surface area contributed by atoms with E-state index in [0.29, 0.717) is 36.0 Å². The van der Waals surface area contributed by atoms with Crippen LogP contribution >= 0.6 is 0 Å². The lowest BCUT2D eigenvalue weighted by Crippen LogP contribution is -2.35. The molecule has 0 aliphatic carbocycles. The lowest BCUT2D eigenvalue weighted by Gasteiger charge is -2.14. The fraction of sp³-hybridized carbons (Fsp3) is 0.238. The molecular formula is C21H22NO6-. The highest BCUT2D eigenvalue weighted by Gasteiger charge is 2.14. The van der Waals surface area contributed by atoms with Crippen molar-refractivity contribution in [1.82, 2.24) is 5.32 Å². The highest BCUT2D eigenvalue weighted by atomic mass is 16.5. The van der Waals surface area contributed by atoms with Gasteiger partial charge in [0, 0.05) is 0 Å². The van der Waals surface area contributed by atoms with Gasteiger partial charge in [-0.15, -0.1) is 0 Å². The molecule has 0 unspecified atom stereocenters. The standard InChI is InChI=1S/C21H23NO6/c1-4-27-18-11-10-14(13-19(18)28-5-2)12-16(21(24)25)22-20(23)15-8-6-7-9-17(15)26-3/h6-13H,4-5H2,1-3H3,(H,22,23)(H,24,25)/p-1/b16-12+. The second kappa shape index (κ2) is 10.0. The SMILES string of the molecule is CCOc1ccc(/C=C(/NC(=O)c2ccccc2OC)C(=O)[O-])cc1OCC. The van der Waals surface area contributed by atoms with Crippen molar-refractivity contribution in [1.29, 1.82) is 0 Å². The molecule has 0 saturated carbocycles. The average molecular weight is 384 g/mol. The Bertz CT molecular complexity index is 875. The monoisotopic (exact) mass is 384 g/mol. The lowest BCUT2D eigenvalue weighted by atomic mass is 10.1. The topological polar surface area (TPSA) is 96.9 Å². The first kappa shape index (κ1) is 20.8. The third-order valence-corrected chi connectivity index (χ3v) is 3.70. The summed E-state index contributed by atoms with van der Waals surface area (Å²) < 4.78 is 16.2. The summed E-state index contributed by atoms with van der Waals surface area (Å²) in [6, 6.07) is 11.5. The highest BCUT2D eigenvalue weighted by Crippen LogP contribution is 2.29. The molecule has 1 N–H and O–H groups in total. The van der Waals surface area contributed by atoms with Crippen LogP contribution in [0.1, 0.15) is 29.8 Å². The van der Waals surface area contributed by atoms with Crippen molar-refractivity contribution in [2.75, 3.05) is 20.3 Å². The maximum absolute atomic E-state index is 12.5. The molecule has 0 aliphatic heterocycles. The summed E-state index contributed by atoms with van der Waals surface area (Å²) >= 11 is 0. The summed E-state index contributed by atoms with van der Waals surface area (Å²) in [5, 5.41) is 13.9. The molecule has 0 spiro atoms. The summed E-state index contributed by atoms with van der Waals surface area (Å²) in [4.78, 5) is 24.0. The first-order valence-electron chi connectivity index (χ1n) is 8.77. The van der Waals surface area contributed by atoms with E-state index in [-0.39, 0.29) is 11.3 Å². The molecule has 28 heavy (non-hydrogen) atoms. The van der Waals surface area contributed by atoms with Gasteiger partial charge in [-0.05, 0) is 49.8 Å². The van der Waals surface area contributed by atoms with Gasteiger partial charge in [0.15, 0.2) is 11.5 Å². The van der Waals surface area contributed by atoms with E-state index in [1.165, 1.54) is 19.3 Å². The van der Waals surface area contributed by atoms with Crippen LogP contribution in [0.3, 0.4) is 0 Å². The van der Waals surface area contributed by atoms with Crippen LogP contribution in [0.5, 0.6) is 17.2 Å². The fourth-order valence-corrected chi connectivity index (χ4v) is 2.49. The molecule has 0 fully saturated rings. The molecule has 0 aliphatic rings. The second-order valence-electron chi connectivity index (χ2n) is 5.57. The van der Waals surface area contributed by atoms with Gasteiger partial charge in [-0.25, -0.2) is 0 Å². The van der Waals surface area contributed by atoms with Crippen molar-refractivity contribution >= 4 is 18.0 Å². The van der Waals surface area contributed by atoms with Gasteiger partial charge in [0.2, 0.25) is 0 Å². The van der Waals surface area contributed by atoms with Gasteiger partial charge in [-0.2, -0.15) is 0 Å². The van der Waals surface area contributed by atoms with Crippen molar-refractivity contribution < 1.29 is 28.9 Å². The zero-order valence-corrected chi connectivity index (χ0v) is 16.0. The Morgan fingerprint density at radius 3 is 2.32 bits per heavy atom. The molecule has 0 saturated heterocycles. The number of carboxylic acid groups (broad SMARTS) is 1. The zero-order chi connectivity index (χ0) is 20.5. The first-order chi connectivity index (χ1) is 13.5. The molecule has 148 valence electrons. The Labute approximate surface area is 163 Å². The van der Waals surface area contributed by atoms with Gasteiger partial charge in [0.05, 0.1) is 37.6 Å². The molecule has 0 aromatic heterocycles. The quantitative estimate of drug-likeness (QED) is 0.665. The van der Waals surface area contributed by atoms with Crippen LogP contribution < -0.4 is 24.6 Å². The molecule has 2 aromatic carbocycles. The van der Waals surface area contributed by atoms with Crippen molar-refractivity contribution in [3.8, 4) is 17.2 Å². The maximum Gasteiger partial charge on any atom is 0.259 e. The largest absolute Gasteiger partial charge is 0.543 e. The van der Waals surface area contributed by atoms with Crippen LogP contribution in [0.15, 0.2) is 48.2 Å². The van der Waals surface area contributed by atoms with E-state index in [9.17, 15) is 14.7 Å². The Kier molecular flexibility index (Phi) is 7.45. The van der Waals surface area contributed by atoms with Crippen LogP contribution in [-0.4, -0.2) is 32.2 Å². The van der Waals surface area contributed by atoms with E-state index in [0.717, 1.165) is 0 Å². The van der Waals surface area contributed by atoms with E-state index in [2.05, 4.69) is 5.32 Å². The zero-order valence-electron chi connectivity index (χ0n) is 16.0. The molecule has 2 aromatic rings. The molecular weight excluding hydrogens is 362 g/mol. The number of benzene rings is 2. The number of rotatable bonds is 9. The Morgan fingerprint density at radius 2 is 1.68 bits per heavy atom. The van der Waals surface area contributed by atoms with Crippen molar-refractivity contribution in [3.05, 3.63) is 59.3 Å². The van der Waals surface area contributed by atoms with Crippen LogP contribution in [0, 0.1) is 0 Å². The second-order valence-corrected chi connectivity index (χ2v) is 5.57. The average Bonchev–Trinajstić information content (AvgIpc) is 2.69. The summed E-state index contributed by atoms with van der Waals surface area (Å²) in [6.45, 7) is 4.57. The predicted octanol–water partition coefficient (Wildman–Crippen LogP) is 2.01. The number of aliphatic carboxylic acids is 1. The Balaban J connectivity index is 2.33. The first-order valence-corrected chi connectivity index (χ1v) is 8.77. The molecule has 0 atom stereocenters. The summed E-state index contributed by atoms with van der Waals surface area (Å²) in [5.41, 5.74) is 0.327. The van der Waals surface area contributed by atoms with Gasteiger partial charge >= 0.3 is 0 Å². The Morgan fingerprint density at radius 1 is 1.00 bits per heavy atom. The third kappa shape index (κ3) is 5.26. The highest BCUT2D eigenvalue weighted by molar-refractivity contribution is 6.03. The number of ether oxygens (including phenoxy) is 3. The molecule has 1 amide bonds. The normalized spacial score (nSPS) is 10.9. The fourth-order valence-electron chi connectivity index (χ4n) is 2.49. The minimum atomic E-state index is -1.52. The third-order valence-electron chi connectivity index (χ3n) is 3.70. The van der Waals surface area contributed by atoms with Crippen LogP contribution in [0.25, 0.3) is 6.08 Å². The van der Waals surface area contributed by atoms with E-state index in [1.54, 1.807) is 36.4 Å². The molecule has 7 nitrogen and oxygen atoms in total. The molecule has 0 heterocycles. The lowest BCUT2D eigenvalue weighted by molar-refractivity contribution is -0.299. The number of amides is 1. The molecule has 2 rings (SSSR count). The van der Waals surface area contributed by atoms with Crippen LogP contribution in [0.4, 0.5) is 0 Å². The number of para-hydroxylation sites is 1. The van der Waals surface area contributed by atoms with Crippen molar-refractivity contribution in [3.63, 3.8) is 0 Å². The minimum absolute atomic E-state index is 0.207. The maximum atomic E-state index is 12.5. The number of hydrogen-bond acceptors (Lipinski definition) is 6. The summed E-state index contributed by atoms with van der Waals surface area (Å²) in [7, 11) is 1.43. The number of carbonyl (C=O) groups excluding carboxylic acids is 2. The number of nitrogens with one attached hydrogen (secondary N) is 1. The Hall–Kier alpha value is -3.48. The number of carbonyl (C=O) groups is 2. The number of methoxy groups -OCH3 is 1. The van der Waals surface area contributed by atoms with Crippen LogP contribution in [0.2, 0.25) is 0 Å². The predicted molar refractivity (Wildman–Crippen MR) is 102 cm³/mol. The van der Waals surface area contributed by atoms with E-state index in [4.69, 9.17) is 14.2 Å². The van der Waals surface area contributed by atoms with Gasteiger partial charge in [0.1, 0.15) is 5.75 Å². The molecule has 0 radical (unpaired) electrons. The number of carboxylic acids is 1. The van der Waals surface area contributed by atoms with Gasteiger partial charge in [-0.1, -0.05) is 18.2 Å². The smallest absolute Gasteiger partial charge is 0.259 e. The van der Waals surface area contributed by atoms with Gasteiger partial charge in [0.25, 0.3) is 5.91 Å². The summed E-state index contributed by atoms with van der Waals surface area (Å²) in [5.74, 6) is -0.780. The van der Waals surface area contributed by atoms with E-state index >= 15 is 0 Å². The minimum Gasteiger partial charge on any atom is -0.543 e. The molecule has 0 bridgehead atoms. The summed E-state index contributed by atoms with van der Waals surface area (Å²) in [6.07, 6.45) is 1.29. The molecule has 7 heteroatoms. The number of hydrogen-bond donors (Lipinski definition) is 1. The van der Waals surface area contributed by atoms with Crippen LogP contribution in [-0.2, 0) is 4.79 Å².